The normalized spacial score (nSPS) is 14.0. The number of morpholine rings is 1. The van der Waals surface area contributed by atoms with E-state index in [0.29, 0.717) is 30.9 Å². The number of carbonyl (C=O) groups excluding carboxylic acids is 1. The molecule has 0 atom stereocenters. The van der Waals surface area contributed by atoms with E-state index in [1.54, 1.807) is 0 Å². The van der Waals surface area contributed by atoms with Crippen LogP contribution in [0.5, 0.6) is 0 Å². The molecule has 1 fully saturated rings. The predicted molar refractivity (Wildman–Crippen MR) is 135 cm³/mol. The Hall–Kier alpha value is -4.05. The van der Waals surface area contributed by atoms with E-state index in [1.807, 2.05) is 0 Å². The van der Waals surface area contributed by atoms with Crippen LogP contribution in [0.1, 0.15) is 32.6 Å². The van der Waals surface area contributed by atoms with Gasteiger partial charge in [0.25, 0.3) is 5.91 Å². The SMILES string of the molecule is Nc1ncc(C#Cc2cncc(C(=O)Nc3ccc(CNCCN4CCOCC4)c(C(F)(F)F)c3)c2)cn1. The van der Waals surface area contributed by atoms with Crippen molar-refractivity contribution in [3.63, 3.8) is 0 Å². The Labute approximate surface area is 217 Å². The van der Waals surface area contributed by atoms with Crippen LogP contribution in [0.3, 0.4) is 0 Å². The summed E-state index contributed by atoms with van der Waals surface area (Å²) in [4.78, 5) is 26.6. The van der Waals surface area contributed by atoms with E-state index < -0.39 is 17.6 Å². The minimum atomic E-state index is -4.58. The molecule has 0 spiro atoms. The third kappa shape index (κ3) is 7.72. The van der Waals surface area contributed by atoms with Crippen LogP contribution in [0.15, 0.2) is 49.1 Å². The number of halogens is 3. The molecule has 12 heteroatoms. The van der Waals surface area contributed by atoms with E-state index in [4.69, 9.17) is 10.5 Å². The molecule has 9 nitrogen and oxygen atoms in total. The third-order valence-electron chi connectivity index (χ3n) is 5.72. The number of hydrogen-bond acceptors (Lipinski definition) is 8. The van der Waals surface area contributed by atoms with Crippen molar-refractivity contribution >= 4 is 17.5 Å². The summed E-state index contributed by atoms with van der Waals surface area (Å²) >= 11 is 0. The molecule has 1 aliphatic heterocycles. The number of nitrogens with one attached hydrogen (secondary N) is 2. The fourth-order valence-electron chi connectivity index (χ4n) is 3.74. The zero-order valence-electron chi connectivity index (χ0n) is 20.4. The van der Waals surface area contributed by atoms with Gasteiger partial charge in [-0.15, -0.1) is 0 Å². The number of pyridine rings is 1. The second-order valence-corrected chi connectivity index (χ2v) is 8.50. The number of alkyl halides is 3. The van der Waals surface area contributed by atoms with Crippen molar-refractivity contribution < 1.29 is 22.7 Å². The molecule has 2 aromatic heterocycles. The maximum absolute atomic E-state index is 13.8. The van der Waals surface area contributed by atoms with Gasteiger partial charge in [0.1, 0.15) is 0 Å². The number of nitrogens with zero attached hydrogens (tertiary/aromatic N) is 4. The first kappa shape index (κ1) is 27.0. The summed E-state index contributed by atoms with van der Waals surface area (Å²) in [6.45, 7) is 4.28. The van der Waals surface area contributed by atoms with E-state index in [1.165, 1.54) is 43.0 Å². The molecule has 3 aromatic rings. The second kappa shape index (κ2) is 12.5. The van der Waals surface area contributed by atoms with Gasteiger partial charge in [-0.05, 0) is 23.8 Å². The van der Waals surface area contributed by atoms with Gasteiger partial charge in [-0.1, -0.05) is 17.9 Å². The molecule has 0 saturated carbocycles. The van der Waals surface area contributed by atoms with Crippen LogP contribution in [0.4, 0.5) is 24.8 Å². The first-order valence-corrected chi connectivity index (χ1v) is 11.8. The molecule has 0 bridgehead atoms. The Balaban J connectivity index is 1.40. The summed E-state index contributed by atoms with van der Waals surface area (Å²) in [7, 11) is 0. The van der Waals surface area contributed by atoms with E-state index in [0.717, 1.165) is 25.7 Å². The highest BCUT2D eigenvalue weighted by Crippen LogP contribution is 2.34. The van der Waals surface area contributed by atoms with Gasteiger partial charge in [0.15, 0.2) is 0 Å². The van der Waals surface area contributed by atoms with Crippen LogP contribution in [-0.4, -0.2) is 65.2 Å². The first-order chi connectivity index (χ1) is 18.3. The standard InChI is InChI=1S/C26H26F3N7O2/c27-26(28,29)23-12-22(4-3-20(23)16-31-5-6-36-7-9-38-10-8-36)35-24(37)21-11-18(13-32-17-21)1-2-19-14-33-25(30)34-15-19/h3-4,11-15,17,31H,5-10,16H2,(H,35,37)(H2,30,33,34). The topological polar surface area (TPSA) is 118 Å². The highest BCUT2D eigenvalue weighted by atomic mass is 19.4. The van der Waals surface area contributed by atoms with Gasteiger partial charge in [0.2, 0.25) is 5.95 Å². The number of benzene rings is 1. The Morgan fingerprint density at radius 2 is 1.79 bits per heavy atom. The van der Waals surface area contributed by atoms with Gasteiger partial charge in [-0.3, -0.25) is 14.7 Å². The van der Waals surface area contributed by atoms with Crippen molar-refractivity contribution in [2.75, 3.05) is 50.4 Å². The molecule has 4 N–H and O–H groups in total. The molecule has 38 heavy (non-hydrogen) atoms. The fourth-order valence-corrected chi connectivity index (χ4v) is 3.74. The van der Waals surface area contributed by atoms with Crippen molar-refractivity contribution in [3.8, 4) is 11.8 Å². The molecule has 0 unspecified atom stereocenters. The summed E-state index contributed by atoms with van der Waals surface area (Å²) in [6.07, 6.45) is 1.11. The molecule has 3 heterocycles. The summed E-state index contributed by atoms with van der Waals surface area (Å²) in [5.74, 6) is 5.19. The van der Waals surface area contributed by atoms with Crippen molar-refractivity contribution in [1.29, 1.82) is 0 Å². The number of nitrogens with two attached hydrogens (primary N) is 1. The molecule has 0 radical (unpaired) electrons. The number of aromatic nitrogens is 3. The van der Waals surface area contributed by atoms with Crippen molar-refractivity contribution in [2.24, 2.45) is 0 Å². The van der Waals surface area contributed by atoms with Crippen LogP contribution in [0, 0.1) is 11.8 Å². The molecule has 1 aromatic carbocycles. The highest BCUT2D eigenvalue weighted by molar-refractivity contribution is 6.04. The third-order valence-corrected chi connectivity index (χ3v) is 5.72. The van der Waals surface area contributed by atoms with Crippen LogP contribution < -0.4 is 16.4 Å². The van der Waals surface area contributed by atoms with Crippen LogP contribution >= 0.6 is 0 Å². The number of hydrogen-bond donors (Lipinski definition) is 3. The zero-order valence-corrected chi connectivity index (χ0v) is 20.4. The highest BCUT2D eigenvalue weighted by Gasteiger charge is 2.33. The average Bonchev–Trinajstić information content (AvgIpc) is 2.91. The minimum absolute atomic E-state index is 0.0231. The predicted octanol–water partition coefficient (Wildman–Crippen LogP) is 2.55. The van der Waals surface area contributed by atoms with Crippen LogP contribution in [0.2, 0.25) is 0 Å². The monoisotopic (exact) mass is 525 g/mol. The van der Waals surface area contributed by atoms with Crippen molar-refractivity contribution in [2.45, 2.75) is 12.7 Å². The lowest BCUT2D eigenvalue weighted by Gasteiger charge is -2.26. The Bertz CT molecular complexity index is 1310. The average molecular weight is 526 g/mol. The van der Waals surface area contributed by atoms with Crippen molar-refractivity contribution in [3.05, 3.63) is 76.9 Å². The Morgan fingerprint density at radius 1 is 1.05 bits per heavy atom. The maximum atomic E-state index is 13.8. The lowest BCUT2D eigenvalue weighted by Crippen LogP contribution is -2.40. The summed E-state index contributed by atoms with van der Waals surface area (Å²) < 4.78 is 46.7. The lowest BCUT2D eigenvalue weighted by atomic mass is 10.1. The van der Waals surface area contributed by atoms with Gasteiger partial charge in [0.05, 0.1) is 29.9 Å². The number of rotatable bonds is 7. The van der Waals surface area contributed by atoms with E-state index in [2.05, 4.69) is 42.3 Å². The molecule has 4 rings (SSSR count). The van der Waals surface area contributed by atoms with Gasteiger partial charge >= 0.3 is 6.18 Å². The molecule has 1 amide bonds. The number of anilines is 2. The summed E-state index contributed by atoms with van der Waals surface area (Å²) in [6, 6.07) is 5.25. The Morgan fingerprint density at radius 3 is 2.53 bits per heavy atom. The van der Waals surface area contributed by atoms with E-state index in [-0.39, 0.29) is 29.3 Å². The molecule has 1 aliphatic rings. The number of amides is 1. The van der Waals surface area contributed by atoms with Crippen molar-refractivity contribution in [1.82, 2.24) is 25.2 Å². The van der Waals surface area contributed by atoms with Crippen LogP contribution in [-0.2, 0) is 17.5 Å². The molecule has 198 valence electrons. The molecular weight excluding hydrogens is 499 g/mol. The van der Waals surface area contributed by atoms with Gasteiger partial charge in [0, 0.05) is 68.8 Å². The first-order valence-electron chi connectivity index (χ1n) is 11.8. The summed E-state index contributed by atoms with van der Waals surface area (Å²) in [5, 5.41) is 5.59. The van der Waals surface area contributed by atoms with Gasteiger partial charge in [-0.25, -0.2) is 9.97 Å². The van der Waals surface area contributed by atoms with Crippen LogP contribution in [0.25, 0.3) is 0 Å². The Kier molecular flexibility index (Phi) is 8.85. The summed E-state index contributed by atoms with van der Waals surface area (Å²) in [5.41, 5.74) is 5.86. The number of ether oxygens (including phenoxy) is 1. The quantitative estimate of drug-likeness (QED) is 0.318. The second-order valence-electron chi connectivity index (χ2n) is 8.50. The molecular formula is C26H26F3N7O2. The molecule has 0 aliphatic carbocycles. The number of carbonyl (C=O) groups is 1. The largest absolute Gasteiger partial charge is 0.416 e. The molecule has 1 saturated heterocycles. The smallest absolute Gasteiger partial charge is 0.379 e. The minimum Gasteiger partial charge on any atom is -0.379 e. The van der Waals surface area contributed by atoms with E-state index in [9.17, 15) is 18.0 Å². The maximum Gasteiger partial charge on any atom is 0.416 e. The lowest BCUT2D eigenvalue weighted by molar-refractivity contribution is -0.138. The zero-order chi connectivity index (χ0) is 27.0. The van der Waals surface area contributed by atoms with Gasteiger partial charge in [-0.2, -0.15) is 13.2 Å². The number of nitrogen functional groups attached to an aromatic ring is 1. The van der Waals surface area contributed by atoms with E-state index >= 15 is 0 Å². The van der Waals surface area contributed by atoms with Gasteiger partial charge < -0.3 is 21.1 Å². The fraction of sp³-hybridized carbons (Fsp3) is 0.308.